The van der Waals surface area contributed by atoms with Crippen LogP contribution in [0.5, 0.6) is 0 Å². The van der Waals surface area contributed by atoms with E-state index in [1.807, 2.05) is 13.8 Å². The van der Waals surface area contributed by atoms with Crippen LogP contribution < -0.4 is 5.32 Å². The normalized spacial score (nSPS) is 26.6. The SMILES string of the molecule is Cc1noc(C)c1CN1CC[C@]2(C[C@H](Nc3ncccc3F)CO2)C1. The van der Waals surface area contributed by atoms with Crippen LogP contribution >= 0.6 is 0 Å². The lowest BCUT2D eigenvalue weighted by molar-refractivity contribution is 0.0119. The van der Waals surface area contributed by atoms with Gasteiger partial charge in [-0.15, -0.1) is 0 Å². The number of nitrogens with zero attached hydrogens (tertiary/aromatic N) is 3. The van der Waals surface area contributed by atoms with Crippen LogP contribution in [0.15, 0.2) is 22.9 Å². The average molecular weight is 346 g/mol. The Morgan fingerprint density at radius 2 is 2.32 bits per heavy atom. The van der Waals surface area contributed by atoms with Crippen LogP contribution in [0.4, 0.5) is 10.2 Å². The Morgan fingerprint density at radius 1 is 1.44 bits per heavy atom. The molecule has 2 aliphatic rings. The molecule has 2 saturated heterocycles. The molecule has 2 aromatic heterocycles. The summed E-state index contributed by atoms with van der Waals surface area (Å²) in [4.78, 5) is 6.46. The molecule has 134 valence electrons. The number of hydrogen-bond acceptors (Lipinski definition) is 6. The smallest absolute Gasteiger partial charge is 0.165 e. The Labute approximate surface area is 146 Å². The fourth-order valence-electron chi connectivity index (χ4n) is 3.92. The molecule has 0 radical (unpaired) electrons. The van der Waals surface area contributed by atoms with Gasteiger partial charge in [0.05, 0.1) is 23.9 Å². The minimum atomic E-state index is -0.324. The summed E-state index contributed by atoms with van der Waals surface area (Å²) in [5.41, 5.74) is 1.97. The van der Waals surface area contributed by atoms with Crippen LogP contribution in [-0.2, 0) is 11.3 Å². The fourth-order valence-corrected chi connectivity index (χ4v) is 3.92. The van der Waals surface area contributed by atoms with Crippen molar-refractivity contribution in [1.29, 1.82) is 0 Å². The van der Waals surface area contributed by atoms with Gasteiger partial charge in [0, 0.05) is 37.8 Å². The van der Waals surface area contributed by atoms with Crippen molar-refractivity contribution in [2.75, 3.05) is 25.0 Å². The number of halogens is 1. The van der Waals surface area contributed by atoms with Gasteiger partial charge in [-0.3, -0.25) is 4.90 Å². The van der Waals surface area contributed by atoms with Gasteiger partial charge in [0.1, 0.15) is 5.76 Å². The van der Waals surface area contributed by atoms with Gasteiger partial charge < -0.3 is 14.6 Å². The Balaban J connectivity index is 1.37. The minimum absolute atomic E-state index is 0.0865. The maximum absolute atomic E-state index is 13.8. The van der Waals surface area contributed by atoms with Crippen molar-refractivity contribution in [2.45, 2.75) is 44.9 Å². The number of pyridine rings is 1. The van der Waals surface area contributed by atoms with Gasteiger partial charge in [-0.05, 0) is 32.4 Å². The lowest BCUT2D eigenvalue weighted by atomic mass is 9.97. The van der Waals surface area contributed by atoms with Gasteiger partial charge in [0.25, 0.3) is 0 Å². The maximum atomic E-state index is 13.8. The molecule has 25 heavy (non-hydrogen) atoms. The van der Waals surface area contributed by atoms with Crippen molar-refractivity contribution in [3.05, 3.63) is 41.2 Å². The van der Waals surface area contributed by atoms with E-state index in [1.165, 1.54) is 11.6 Å². The van der Waals surface area contributed by atoms with Crippen LogP contribution in [0.1, 0.15) is 29.9 Å². The molecule has 0 unspecified atom stereocenters. The maximum Gasteiger partial charge on any atom is 0.165 e. The van der Waals surface area contributed by atoms with Gasteiger partial charge in [-0.1, -0.05) is 5.16 Å². The largest absolute Gasteiger partial charge is 0.371 e. The van der Waals surface area contributed by atoms with Crippen LogP contribution in [0.3, 0.4) is 0 Å². The van der Waals surface area contributed by atoms with E-state index < -0.39 is 0 Å². The molecule has 2 fully saturated rings. The summed E-state index contributed by atoms with van der Waals surface area (Å²) in [6.07, 6.45) is 3.44. The summed E-state index contributed by atoms with van der Waals surface area (Å²) >= 11 is 0. The summed E-state index contributed by atoms with van der Waals surface area (Å²) in [5, 5.41) is 7.21. The molecule has 2 aromatic rings. The molecule has 0 saturated carbocycles. The topological polar surface area (TPSA) is 63.4 Å². The third-order valence-electron chi connectivity index (χ3n) is 5.27. The summed E-state index contributed by atoms with van der Waals surface area (Å²) in [6.45, 7) is 7.20. The quantitative estimate of drug-likeness (QED) is 0.918. The number of aromatic nitrogens is 2. The van der Waals surface area contributed by atoms with E-state index in [2.05, 4.69) is 20.4 Å². The highest BCUT2D eigenvalue weighted by atomic mass is 19.1. The van der Waals surface area contributed by atoms with Crippen molar-refractivity contribution in [2.24, 2.45) is 0 Å². The van der Waals surface area contributed by atoms with Gasteiger partial charge in [0.15, 0.2) is 11.6 Å². The molecule has 4 heterocycles. The fraction of sp³-hybridized carbons (Fsp3) is 0.556. The van der Waals surface area contributed by atoms with E-state index in [4.69, 9.17) is 9.26 Å². The summed E-state index contributed by atoms with van der Waals surface area (Å²) in [6, 6.07) is 3.10. The van der Waals surface area contributed by atoms with Gasteiger partial charge in [0.2, 0.25) is 0 Å². The zero-order valence-corrected chi connectivity index (χ0v) is 14.6. The third kappa shape index (κ3) is 3.26. The van der Waals surface area contributed by atoms with Crippen LogP contribution in [0, 0.1) is 19.7 Å². The van der Waals surface area contributed by atoms with Crippen LogP contribution in [0.2, 0.25) is 0 Å². The first kappa shape index (κ1) is 16.5. The second kappa shape index (κ2) is 6.38. The molecule has 2 aliphatic heterocycles. The highest BCUT2D eigenvalue weighted by molar-refractivity contribution is 5.37. The van der Waals surface area contributed by atoms with E-state index in [0.717, 1.165) is 43.9 Å². The molecule has 1 N–H and O–H groups in total. The zero-order chi connectivity index (χ0) is 17.4. The van der Waals surface area contributed by atoms with E-state index in [0.29, 0.717) is 12.4 Å². The van der Waals surface area contributed by atoms with Gasteiger partial charge >= 0.3 is 0 Å². The Morgan fingerprint density at radius 3 is 3.08 bits per heavy atom. The Bertz CT molecular complexity index is 746. The Hall–Kier alpha value is -1.99. The molecule has 0 aromatic carbocycles. The highest BCUT2D eigenvalue weighted by Gasteiger charge is 2.45. The number of anilines is 1. The van der Waals surface area contributed by atoms with E-state index in [1.54, 1.807) is 12.3 Å². The molecule has 1 spiro atoms. The minimum Gasteiger partial charge on any atom is -0.371 e. The third-order valence-corrected chi connectivity index (χ3v) is 5.27. The summed E-state index contributed by atoms with van der Waals surface area (Å²) in [5.74, 6) is 0.865. The number of nitrogens with one attached hydrogen (secondary N) is 1. The van der Waals surface area contributed by atoms with E-state index >= 15 is 0 Å². The predicted molar refractivity (Wildman–Crippen MR) is 90.8 cm³/mol. The first-order valence-corrected chi connectivity index (χ1v) is 8.70. The average Bonchev–Trinajstić information content (AvgIpc) is 3.27. The number of aryl methyl sites for hydroxylation is 2. The van der Waals surface area contributed by atoms with E-state index in [-0.39, 0.29) is 17.5 Å². The van der Waals surface area contributed by atoms with Gasteiger partial charge in [-0.25, -0.2) is 9.37 Å². The molecule has 6 nitrogen and oxygen atoms in total. The van der Waals surface area contributed by atoms with Gasteiger partial charge in [-0.2, -0.15) is 0 Å². The number of likely N-dealkylation sites (tertiary alicyclic amines) is 1. The molecular weight excluding hydrogens is 323 g/mol. The standard InChI is InChI=1S/C18H23FN4O2/c1-12-15(13(2)25-22-12)9-23-7-5-18(11-23)8-14(10-24-18)21-17-16(19)4-3-6-20-17/h3-4,6,14H,5,7-11H2,1-2H3,(H,20,21)/t14-,18-/m0/s1. The van der Waals surface area contributed by atoms with Crippen molar-refractivity contribution in [3.63, 3.8) is 0 Å². The zero-order valence-electron chi connectivity index (χ0n) is 14.6. The first-order chi connectivity index (χ1) is 12.0. The lowest BCUT2D eigenvalue weighted by Gasteiger charge is -2.23. The molecule has 4 rings (SSSR count). The molecule has 7 heteroatoms. The van der Waals surface area contributed by atoms with E-state index in [9.17, 15) is 4.39 Å². The molecule has 0 bridgehead atoms. The molecule has 0 aliphatic carbocycles. The number of hydrogen-bond donors (Lipinski definition) is 1. The number of ether oxygens (including phenoxy) is 1. The van der Waals surface area contributed by atoms with Crippen molar-refractivity contribution < 1.29 is 13.7 Å². The molecule has 2 atom stereocenters. The summed E-state index contributed by atoms with van der Waals surface area (Å²) < 4.78 is 25.2. The second-order valence-corrected chi connectivity index (χ2v) is 7.14. The van der Waals surface area contributed by atoms with Crippen molar-refractivity contribution >= 4 is 5.82 Å². The lowest BCUT2D eigenvalue weighted by Crippen LogP contribution is -2.33. The van der Waals surface area contributed by atoms with Crippen LogP contribution in [0.25, 0.3) is 0 Å². The number of rotatable bonds is 4. The summed E-state index contributed by atoms with van der Waals surface area (Å²) in [7, 11) is 0. The molecular formula is C18H23FN4O2. The van der Waals surface area contributed by atoms with Crippen molar-refractivity contribution in [1.82, 2.24) is 15.0 Å². The first-order valence-electron chi connectivity index (χ1n) is 8.70. The molecule has 0 amide bonds. The second-order valence-electron chi connectivity index (χ2n) is 7.14. The van der Waals surface area contributed by atoms with Crippen molar-refractivity contribution in [3.8, 4) is 0 Å². The monoisotopic (exact) mass is 346 g/mol. The Kier molecular flexibility index (Phi) is 4.21. The highest BCUT2D eigenvalue weighted by Crippen LogP contribution is 2.37. The van der Waals surface area contributed by atoms with Crippen LogP contribution in [-0.4, -0.2) is 46.4 Å². The predicted octanol–water partition coefficient (Wildman–Crippen LogP) is 2.67.